The van der Waals surface area contributed by atoms with Gasteiger partial charge in [0.2, 0.25) is 5.91 Å². The Hall–Kier alpha value is -2.67. The van der Waals surface area contributed by atoms with E-state index in [1.54, 1.807) is 24.7 Å². The van der Waals surface area contributed by atoms with E-state index in [1.807, 2.05) is 30.7 Å². The summed E-state index contributed by atoms with van der Waals surface area (Å²) in [7, 11) is 0. The fraction of sp³-hybridized carbons (Fsp3) is 0.333. The van der Waals surface area contributed by atoms with E-state index in [0.717, 1.165) is 5.56 Å². The van der Waals surface area contributed by atoms with E-state index in [2.05, 4.69) is 15.4 Å². The molecule has 1 aromatic carbocycles. The topological polar surface area (TPSA) is 79.6 Å². The zero-order chi connectivity index (χ0) is 18.7. The Morgan fingerprint density at radius 1 is 1.38 bits per heavy atom. The van der Waals surface area contributed by atoms with Gasteiger partial charge in [0, 0.05) is 42.8 Å². The van der Waals surface area contributed by atoms with Crippen LogP contribution in [0.3, 0.4) is 0 Å². The van der Waals surface area contributed by atoms with E-state index in [-0.39, 0.29) is 24.3 Å². The van der Waals surface area contributed by atoms with Crippen LogP contribution in [0.1, 0.15) is 25.3 Å². The van der Waals surface area contributed by atoms with Gasteiger partial charge in [-0.3, -0.25) is 9.59 Å². The molecular formula is C18H20ClN5O2. The largest absolute Gasteiger partial charge is 0.347 e. The molecule has 8 heteroatoms. The molecule has 26 heavy (non-hydrogen) atoms. The predicted molar refractivity (Wildman–Crippen MR) is 100 cm³/mol. The quantitative estimate of drug-likeness (QED) is 0.874. The van der Waals surface area contributed by atoms with Crippen molar-refractivity contribution in [2.75, 3.05) is 5.01 Å². The van der Waals surface area contributed by atoms with Crippen molar-refractivity contribution in [1.82, 2.24) is 14.9 Å². The van der Waals surface area contributed by atoms with Crippen LogP contribution >= 0.6 is 11.6 Å². The van der Waals surface area contributed by atoms with Gasteiger partial charge in [0.25, 0.3) is 5.91 Å². The number of benzene rings is 1. The fourth-order valence-corrected chi connectivity index (χ4v) is 2.87. The maximum atomic E-state index is 12.5. The van der Waals surface area contributed by atoms with Crippen LogP contribution in [0.25, 0.3) is 0 Å². The highest BCUT2D eigenvalue weighted by molar-refractivity contribution is 6.40. The summed E-state index contributed by atoms with van der Waals surface area (Å²) in [5.41, 5.74) is 1.80. The number of carbonyl (C=O) groups excluding carboxylic acids is 2. The number of anilines is 1. The first kappa shape index (κ1) is 18.1. The number of rotatable bonds is 5. The number of imidazole rings is 1. The smallest absolute Gasteiger partial charge is 0.267 e. The molecule has 7 nitrogen and oxygen atoms in total. The number of halogens is 1. The molecule has 0 spiro atoms. The summed E-state index contributed by atoms with van der Waals surface area (Å²) in [5, 5.41) is 8.98. The van der Waals surface area contributed by atoms with Crippen molar-refractivity contribution in [2.24, 2.45) is 5.10 Å². The Morgan fingerprint density at radius 3 is 2.88 bits per heavy atom. The van der Waals surface area contributed by atoms with Gasteiger partial charge in [-0.05, 0) is 31.5 Å². The molecule has 0 saturated heterocycles. The van der Waals surface area contributed by atoms with Crippen LogP contribution in [0.5, 0.6) is 0 Å². The summed E-state index contributed by atoms with van der Waals surface area (Å²) in [6.45, 7) is 4.40. The van der Waals surface area contributed by atoms with Crippen LogP contribution in [-0.4, -0.2) is 33.1 Å². The lowest BCUT2D eigenvalue weighted by molar-refractivity contribution is -0.119. The fourth-order valence-electron chi connectivity index (χ4n) is 2.70. The molecule has 1 aromatic heterocycles. The van der Waals surface area contributed by atoms with Crippen LogP contribution in [0.15, 0.2) is 42.0 Å². The maximum absolute atomic E-state index is 12.5. The highest BCUT2D eigenvalue weighted by atomic mass is 35.5. The molecule has 1 aliphatic rings. The number of nitrogens with zero attached hydrogens (tertiary/aromatic N) is 4. The number of hydrogen-bond donors (Lipinski definition) is 1. The molecule has 2 amide bonds. The molecule has 1 atom stereocenters. The monoisotopic (exact) mass is 373 g/mol. The molecular weight excluding hydrogens is 354 g/mol. The minimum atomic E-state index is -0.270. The number of aryl methyl sites for hydroxylation is 1. The normalized spacial score (nSPS) is 15.6. The second kappa shape index (κ2) is 7.70. The van der Waals surface area contributed by atoms with Gasteiger partial charge in [-0.25, -0.2) is 9.99 Å². The van der Waals surface area contributed by atoms with Gasteiger partial charge in [0.1, 0.15) is 5.71 Å². The van der Waals surface area contributed by atoms with Crippen molar-refractivity contribution in [2.45, 2.75) is 39.3 Å². The lowest BCUT2D eigenvalue weighted by atomic mass is 10.1. The van der Waals surface area contributed by atoms with Crippen LogP contribution in [-0.2, 0) is 16.1 Å². The molecule has 0 radical (unpaired) electrons. The van der Waals surface area contributed by atoms with Crippen LogP contribution in [0.4, 0.5) is 5.69 Å². The van der Waals surface area contributed by atoms with Crippen molar-refractivity contribution < 1.29 is 9.59 Å². The van der Waals surface area contributed by atoms with E-state index in [9.17, 15) is 9.59 Å². The molecule has 136 valence electrons. The van der Waals surface area contributed by atoms with E-state index < -0.39 is 0 Å². The minimum Gasteiger partial charge on any atom is -0.347 e. The van der Waals surface area contributed by atoms with Crippen LogP contribution < -0.4 is 10.3 Å². The summed E-state index contributed by atoms with van der Waals surface area (Å²) in [6, 6.07) is 5.17. The zero-order valence-corrected chi connectivity index (χ0v) is 15.4. The third-order valence-electron chi connectivity index (χ3n) is 4.12. The van der Waals surface area contributed by atoms with Gasteiger partial charge >= 0.3 is 0 Å². The summed E-state index contributed by atoms with van der Waals surface area (Å²) in [5.74, 6) is -0.429. The van der Waals surface area contributed by atoms with Crippen molar-refractivity contribution in [3.63, 3.8) is 0 Å². The number of carbonyl (C=O) groups is 2. The highest BCUT2D eigenvalue weighted by Crippen LogP contribution is 2.26. The van der Waals surface area contributed by atoms with Crippen molar-refractivity contribution in [3.05, 3.63) is 47.5 Å². The molecule has 0 aliphatic carbocycles. The molecule has 2 heterocycles. The Morgan fingerprint density at radius 2 is 2.19 bits per heavy atom. The standard InChI is InChI=1S/C18H20ClN5O2/c1-12-3-4-14(9-15(12)19)24-17(25)6-5-16(22-24)18(26)21-13(2)10-23-8-7-20-11-23/h3-4,7-9,11,13H,5-6,10H2,1-2H3,(H,21,26). The first-order chi connectivity index (χ1) is 12.4. The molecule has 0 saturated carbocycles. The van der Waals surface area contributed by atoms with Crippen LogP contribution in [0, 0.1) is 6.92 Å². The average molecular weight is 374 g/mol. The molecule has 2 aromatic rings. The molecule has 0 bridgehead atoms. The Balaban J connectivity index is 1.73. The number of hydrazone groups is 1. The third kappa shape index (κ3) is 4.11. The molecule has 1 unspecified atom stereocenters. The van der Waals surface area contributed by atoms with Crippen molar-refractivity contribution in [1.29, 1.82) is 0 Å². The Kier molecular flexibility index (Phi) is 5.37. The van der Waals surface area contributed by atoms with Gasteiger partial charge in [-0.2, -0.15) is 5.10 Å². The van der Waals surface area contributed by atoms with Crippen LogP contribution in [0.2, 0.25) is 5.02 Å². The summed E-state index contributed by atoms with van der Waals surface area (Å²) >= 11 is 6.14. The van der Waals surface area contributed by atoms with Crippen molar-refractivity contribution >= 4 is 34.8 Å². The summed E-state index contributed by atoms with van der Waals surface area (Å²) < 4.78 is 1.89. The van der Waals surface area contributed by atoms with Gasteiger partial charge in [-0.1, -0.05) is 17.7 Å². The SMILES string of the molecule is Cc1ccc(N2N=C(C(=O)NC(C)Cn3ccnc3)CCC2=O)cc1Cl. The summed E-state index contributed by atoms with van der Waals surface area (Å²) in [6.07, 6.45) is 5.77. The number of nitrogens with one attached hydrogen (secondary N) is 1. The van der Waals surface area contributed by atoms with Gasteiger partial charge in [0.15, 0.2) is 0 Å². The number of aromatic nitrogens is 2. The molecule has 0 fully saturated rings. The van der Waals surface area contributed by atoms with Crippen molar-refractivity contribution in [3.8, 4) is 0 Å². The number of amides is 2. The van der Waals surface area contributed by atoms with E-state index in [1.165, 1.54) is 5.01 Å². The predicted octanol–water partition coefficient (Wildman–Crippen LogP) is 2.53. The van der Waals surface area contributed by atoms with Gasteiger partial charge in [-0.15, -0.1) is 0 Å². The Labute approximate surface area is 156 Å². The molecule has 3 rings (SSSR count). The first-order valence-electron chi connectivity index (χ1n) is 8.37. The zero-order valence-electron chi connectivity index (χ0n) is 14.6. The highest BCUT2D eigenvalue weighted by Gasteiger charge is 2.26. The molecule has 1 aliphatic heterocycles. The van der Waals surface area contributed by atoms with Gasteiger partial charge < -0.3 is 9.88 Å². The molecule has 1 N–H and O–H groups in total. The maximum Gasteiger partial charge on any atom is 0.267 e. The van der Waals surface area contributed by atoms with E-state index >= 15 is 0 Å². The first-order valence-corrected chi connectivity index (χ1v) is 8.75. The second-order valence-electron chi connectivity index (χ2n) is 6.32. The third-order valence-corrected chi connectivity index (χ3v) is 4.52. The van der Waals surface area contributed by atoms with E-state index in [0.29, 0.717) is 29.4 Å². The van der Waals surface area contributed by atoms with Gasteiger partial charge in [0.05, 0.1) is 12.0 Å². The Bertz CT molecular complexity index is 847. The average Bonchev–Trinajstić information content (AvgIpc) is 3.10. The summed E-state index contributed by atoms with van der Waals surface area (Å²) in [4.78, 5) is 28.7. The number of hydrogen-bond acceptors (Lipinski definition) is 4. The lowest BCUT2D eigenvalue weighted by Gasteiger charge is -2.24. The second-order valence-corrected chi connectivity index (χ2v) is 6.73. The minimum absolute atomic E-state index is 0.0979. The van der Waals surface area contributed by atoms with E-state index in [4.69, 9.17) is 11.6 Å². The lowest BCUT2D eigenvalue weighted by Crippen LogP contribution is -2.43.